The second-order valence-corrected chi connectivity index (χ2v) is 7.76. The van der Waals surface area contributed by atoms with Crippen LogP contribution in [0.15, 0.2) is 18.2 Å². The molecule has 1 aromatic carbocycles. The Labute approximate surface area is 166 Å². The van der Waals surface area contributed by atoms with E-state index < -0.39 is 5.97 Å². The van der Waals surface area contributed by atoms with Crippen molar-refractivity contribution in [3.63, 3.8) is 0 Å². The highest BCUT2D eigenvalue weighted by Crippen LogP contribution is 2.33. The molecule has 2 aliphatic rings. The average Bonchev–Trinajstić information content (AvgIpc) is 2.73. The first-order valence-electron chi connectivity index (χ1n) is 10.1. The normalized spacial score (nSPS) is 19.8. The zero-order valence-corrected chi connectivity index (χ0v) is 16.5. The number of phenols is 1. The van der Waals surface area contributed by atoms with Gasteiger partial charge in [0.2, 0.25) is 0 Å². The van der Waals surface area contributed by atoms with Crippen LogP contribution in [0.4, 0.5) is 0 Å². The second kappa shape index (κ2) is 9.39. The Morgan fingerprint density at radius 3 is 2.64 bits per heavy atom. The molecule has 28 heavy (non-hydrogen) atoms. The van der Waals surface area contributed by atoms with Crippen LogP contribution in [0.5, 0.6) is 5.75 Å². The Bertz CT molecular complexity index is 694. The highest BCUT2D eigenvalue weighted by atomic mass is 16.5. The number of phenolic OH excluding ortho intramolecular Hbond substituents is 1. The highest BCUT2D eigenvalue weighted by molar-refractivity contribution is 5.94. The molecule has 1 aliphatic heterocycles. The topological polar surface area (TPSA) is 88.1 Å². The third kappa shape index (κ3) is 5.02. The summed E-state index contributed by atoms with van der Waals surface area (Å²) >= 11 is 0. The van der Waals surface area contributed by atoms with Gasteiger partial charge in [0.15, 0.2) is 6.61 Å². The van der Waals surface area contributed by atoms with Crippen molar-refractivity contribution in [1.82, 2.24) is 10.2 Å². The Morgan fingerprint density at radius 1 is 1.21 bits per heavy atom. The summed E-state index contributed by atoms with van der Waals surface area (Å²) in [5.74, 6) is -1.17. The van der Waals surface area contributed by atoms with Gasteiger partial charge in [-0.3, -0.25) is 9.69 Å². The fourth-order valence-electron chi connectivity index (χ4n) is 4.19. The number of aryl methyl sites for hydroxylation is 1. The van der Waals surface area contributed by atoms with Crippen LogP contribution in [0.25, 0.3) is 0 Å². The number of rotatable bonds is 6. The van der Waals surface area contributed by atoms with E-state index in [1.165, 1.54) is 12.5 Å². The van der Waals surface area contributed by atoms with Crippen molar-refractivity contribution in [2.75, 3.05) is 39.5 Å². The van der Waals surface area contributed by atoms with E-state index >= 15 is 0 Å². The number of carbonyl (C=O) groups excluding carboxylic acids is 2. The highest BCUT2D eigenvalue weighted by Gasteiger charge is 2.38. The molecule has 2 fully saturated rings. The molecule has 0 unspecified atom stereocenters. The number of hydrogen-bond donors (Lipinski definition) is 2. The van der Waals surface area contributed by atoms with Gasteiger partial charge >= 0.3 is 5.97 Å². The van der Waals surface area contributed by atoms with E-state index in [1.807, 2.05) is 6.92 Å². The molecule has 1 saturated heterocycles. The number of ether oxygens (including phenoxy) is 2. The van der Waals surface area contributed by atoms with E-state index in [2.05, 4.69) is 10.2 Å². The number of amides is 1. The van der Waals surface area contributed by atoms with E-state index in [4.69, 9.17) is 9.47 Å². The van der Waals surface area contributed by atoms with Gasteiger partial charge < -0.3 is 19.9 Å². The number of nitrogens with one attached hydrogen (secondary N) is 1. The maximum Gasteiger partial charge on any atom is 0.342 e. The summed E-state index contributed by atoms with van der Waals surface area (Å²) in [5.41, 5.74) is 0.875. The molecule has 2 N–H and O–H groups in total. The minimum absolute atomic E-state index is 0.0312. The molecule has 154 valence electrons. The Morgan fingerprint density at radius 2 is 1.93 bits per heavy atom. The summed E-state index contributed by atoms with van der Waals surface area (Å²) in [4.78, 5) is 26.9. The van der Waals surface area contributed by atoms with Crippen molar-refractivity contribution >= 4 is 11.9 Å². The monoisotopic (exact) mass is 390 g/mol. The van der Waals surface area contributed by atoms with Crippen molar-refractivity contribution in [3.05, 3.63) is 29.3 Å². The summed E-state index contributed by atoms with van der Waals surface area (Å²) in [6.45, 7) is 5.25. The maximum atomic E-state index is 12.3. The molecular weight excluding hydrogens is 360 g/mol. The maximum absolute atomic E-state index is 12.3. The van der Waals surface area contributed by atoms with Crippen molar-refractivity contribution < 1.29 is 24.2 Å². The van der Waals surface area contributed by atoms with Gasteiger partial charge in [-0.25, -0.2) is 4.79 Å². The van der Waals surface area contributed by atoms with Crippen molar-refractivity contribution in [1.29, 1.82) is 0 Å². The zero-order valence-electron chi connectivity index (χ0n) is 16.5. The number of morpholine rings is 1. The average molecular weight is 390 g/mol. The van der Waals surface area contributed by atoms with Crippen molar-refractivity contribution in [2.45, 2.75) is 44.6 Å². The molecule has 0 atom stereocenters. The number of esters is 1. The first kappa shape index (κ1) is 20.6. The molecule has 1 aromatic rings. The number of aromatic hydroxyl groups is 1. The van der Waals surface area contributed by atoms with Crippen LogP contribution < -0.4 is 5.32 Å². The lowest BCUT2D eigenvalue weighted by molar-refractivity contribution is -0.125. The Balaban J connectivity index is 1.53. The molecule has 1 amide bonds. The zero-order chi connectivity index (χ0) is 20.0. The standard InChI is InChI=1S/C21H30N2O5/c1-16-5-6-18(24)17(13-16)20(26)28-14-19(25)22-15-21(7-3-2-4-8-21)23-9-11-27-12-10-23/h5-6,13,24H,2-4,7-12,14-15H2,1H3,(H,22,25). The van der Waals surface area contributed by atoms with E-state index in [1.54, 1.807) is 12.1 Å². The summed E-state index contributed by atoms with van der Waals surface area (Å²) in [5, 5.41) is 12.8. The van der Waals surface area contributed by atoms with Crippen LogP contribution in [0, 0.1) is 6.92 Å². The van der Waals surface area contributed by atoms with E-state index in [0.29, 0.717) is 6.54 Å². The molecule has 0 aromatic heterocycles. The fraction of sp³-hybridized carbons (Fsp3) is 0.619. The third-order valence-electron chi connectivity index (χ3n) is 5.79. The first-order valence-corrected chi connectivity index (χ1v) is 10.1. The van der Waals surface area contributed by atoms with Crippen molar-refractivity contribution in [3.8, 4) is 5.75 Å². The van der Waals surface area contributed by atoms with Gasteiger partial charge in [0.05, 0.1) is 13.2 Å². The lowest BCUT2D eigenvalue weighted by atomic mass is 9.79. The smallest absolute Gasteiger partial charge is 0.342 e. The molecule has 1 aliphatic carbocycles. The SMILES string of the molecule is Cc1ccc(O)c(C(=O)OCC(=O)NCC2(N3CCOCC3)CCCCC2)c1. The summed E-state index contributed by atoms with van der Waals surface area (Å²) in [6.07, 6.45) is 5.68. The minimum atomic E-state index is -0.697. The molecular formula is C21H30N2O5. The number of nitrogens with zero attached hydrogens (tertiary/aromatic N) is 1. The van der Waals surface area contributed by atoms with Gasteiger partial charge in [-0.2, -0.15) is 0 Å². The number of carbonyl (C=O) groups is 2. The summed E-state index contributed by atoms with van der Waals surface area (Å²) in [6, 6.07) is 4.69. The van der Waals surface area contributed by atoms with Crippen LogP contribution in [-0.2, 0) is 14.3 Å². The van der Waals surface area contributed by atoms with Gasteiger partial charge in [-0.1, -0.05) is 30.9 Å². The minimum Gasteiger partial charge on any atom is -0.507 e. The molecule has 7 heteroatoms. The van der Waals surface area contributed by atoms with Crippen LogP contribution in [0.3, 0.4) is 0 Å². The molecule has 0 bridgehead atoms. The van der Waals surface area contributed by atoms with E-state index in [-0.39, 0.29) is 29.4 Å². The number of benzene rings is 1. The molecule has 1 saturated carbocycles. The van der Waals surface area contributed by atoms with Gasteiger partial charge in [-0.15, -0.1) is 0 Å². The van der Waals surface area contributed by atoms with Crippen LogP contribution >= 0.6 is 0 Å². The van der Waals surface area contributed by atoms with Crippen molar-refractivity contribution in [2.24, 2.45) is 0 Å². The summed E-state index contributed by atoms with van der Waals surface area (Å²) in [7, 11) is 0. The van der Waals surface area contributed by atoms with Crippen LogP contribution in [-0.4, -0.2) is 66.9 Å². The molecule has 1 heterocycles. The second-order valence-electron chi connectivity index (χ2n) is 7.76. The van der Waals surface area contributed by atoms with Crippen LogP contribution in [0.1, 0.15) is 48.0 Å². The molecule has 7 nitrogen and oxygen atoms in total. The number of hydrogen-bond acceptors (Lipinski definition) is 6. The molecule has 0 radical (unpaired) electrons. The largest absolute Gasteiger partial charge is 0.507 e. The molecule has 0 spiro atoms. The lowest BCUT2D eigenvalue weighted by Crippen LogP contribution is -2.59. The Hall–Kier alpha value is -2.12. The van der Waals surface area contributed by atoms with Gasteiger partial charge in [0, 0.05) is 25.2 Å². The van der Waals surface area contributed by atoms with Gasteiger partial charge in [0.1, 0.15) is 11.3 Å². The van der Waals surface area contributed by atoms with Gasteiger partial charge in [0.25, 0.3) is 5.91 Å². The predicted octanol–water partition coefficient (Wildman–Crippen LogP) is 2.01. The van der Waals surface area contributed by atoms with E-state index in [0.717, 1.165) is 57.6 Å². The van der Waals surface area contributed by atoms with E-state index in [9.17, 15) is 14.7 Å². The molecule has 3 rings (SSSR count). The summed E-state index contributed by atoms with van der Waals surface area (Å²) < 4.78 is 10.6. The third-order valence-corrected chi connectivity index (χ3v) is 5.79. The fourth-order valence-corrected chi connectivity index (χ4v) is 4.19. The predicted molar refractivity (Wildman–Crippen MR) is 104 cm³/mol. The Kier molecular flexibility index (Phi) is 6.91. The van der Waals surface area contributed by atoms with Crippen LogP contribution in [0.2, 0.25) is 0 Å². The quantitative estimate of drug-likeness (QED) is 0.723. The van der Waals surface area contributed by atoms with Gasteiger partial charge in [-0.05, 0) is 31.9 Å². The lowest BCUT2D eigenvalue weighted by Gasteiger charge is -2.48. The first-order chi connectivity index (χ1) is 13.5.